The van der Waals surface area contributed by atoms with Crippen LogP contribution in [-0.4, -0.2) is 71.7 Å². The Balaban J connectivity index is 1.25. The summed E-state index contributed by atoms with van der Waals surface area (Å²) in [5.41, 5.74) is 3.32. The van der Waals surface area contributed by atoms with Gasteiger partial charge in [-0.1, -0.05) is 36.4 Å². The topological polar surface area (TPSA) is 127 Å². The number of anilines is 1. The summed E-state index contributed by atoms with van der Waals surface area (Å²) in [6.45, 7) is 3.80. The SMILES string of the molecule is O=C(O)CCCCC(=O)Nc1cccc(C2OC(CN3CCC4(CC3)OCCO4)CC(c3ccc(CO)cc3)O2)c1. The van der Waals surface area contributed by atoms with Crippen LogP contribution in [0.2, 0.25) is 0 Å². The number of piperidine rings is 1. The lowest BCUT2D eigenvalue weighted by atomic mass is 9.98. The number of likely N-dealkylation sites (tertiary alicyclic amines) is 1. The first-order chi connectivity index (χ1) is 19.9. The number of benzene rings is 2. The first-order valence-corrected chi connectivity index (χ1v) is 14.5. The first-order valence-electron chi connectivity index (χ1n) is 14.5. The zero-order valence-corrected chi connectivity index (χ0v) is 23.3. The molecule has 0 radical (unpaired) electrons. The zero-order valence-electron chi connectivity index (χ0n) is 23.3. The van der Waals surface area contributed by atoms with Crippen LogP contribution in [0.4, 0.5) is 5.69 Å². The van der Waals surface area contributed by atoms with Crippen molar-refractivity contribution < 1.29 is 38.7 Å². The second kappa shape index (κ2) is 13.9. The first kappa shape index (κ1) is 29.6. The maximum Gasteiger partial charge on any atom is 0.303 e. The number of carbonyl (C=O) groups is 2. The number of hydrogen-bond acceptors (Lipinski definition) is 8. The Morgan fingerprint density at radius 1 is 0.951 bits per heavy atom. The number of aliphatic hydroxyl groups is 1. The highest BCUT2D eigenvalue weighted by Gasteiger charge is 2.41. The van der Waals surface area contributed by atoms with Gasteiger partial charge in [-0.15, -0.1) is 0 Å². The van der Waals surface area contributed by atoms with Gasteiger partial charge in [0.05, 0.1) is 32.0 Å². The van der Waals surface area contributed by atoms with Gasteiger partial charge in [0.1, 0.15) is 0 Å². The number of carbonyl (C=O) groups excluding carboxylic acids is 1. The van der Waals surface area contributed by atoms with Gasteiger partial charge in [0.25, 0.3) is 0 Å². The van der Waals surface area contributed by atoms with E-state index in [9.17, 15) is 14.7 Å². The molecule has 41 heavy (non-hydrogen) atoms. The van der Waals surface area contributed by atoms with E-state index in [-0.39, 0.29) is 37.6 Å². The molecule has 2 aromatic carbocycles. The van der Waals surface area contributed by atoms with Crippen molar-refractivity contribution in [3.8, 4) is 0 Å². The summed E-state index contributed by atoms with van der Waals surface area (Å²) in [5.74, 6) is -1.43. The van der Waals surface area contributed by atoms with E-state index in [1.807, 2.05) is 48.5 Å². The monoisotopic (exact) mass is 568 g/mol. The molecule has 3 heterocycles. The van der Waals surface area contributed by atoms with Gasteiger partial charge in [-0.05, 0) is 36.1 Å². The van der Waals surface area contributed by atoms with Crippen molar-refractivity contribution in [2.24, 2.45) is 0 Å². The van der Waals surface area contributed by atoms with Gasteiger partial charge >= 0.3 is 5.97 Å². The number of carboxylic acid groups (broad SMARTS) is 1. The van der Waals surface area contributed by atoms with Crippen LogP contribution in [0.1, 0.15) is 74.0 Å². The molecule has 0 aromatic heterocycles. The molecule has 2 aromatic rings. The highest BCUT2D eigenvalue weighted by atomic mass is 16.7. The molecule has 3 N–H and O–H groups in total. The molecule has 3 fully saturated rings. The maximum absolute atomic E-state index is 12.4. The van der Waals surface area contributed by atoms with Crippen LogP contribution in [0.25, 0.3) is 0 Å². The van der Waals surface area contributed by atoms with Crippen LogP contribution < -0.4 is 5.32 Å². The fraction of sp³-hybridized carbons (Fsp3) is 0.548. The number of hydrogen-bond donors (Lipinski definition) is 3. The Hall–Kier alpha value is -2.86. The summed E-state index contributed by atoms with van der Waals surface area (Å²) < 4.78 is 24.8. The zero-order chi connectivity index (χ0) is 28.7. The third-order valence-corrected chi connectivity index (χ3v) is 8.00. The van der Waals surface area contributed by atoms with Crippen molar-refractivity contribution in [2.45, 2.75) is 75.8 Å². The standard InChI is InChI=1S/C31H40N2O8/c34-21-22-8-10-23(11-9-22)27-19-26(20-33-14-12-31(13-15-33)38-16-17-39-31)40-30(41-27)24-4-3-5-25(18-24)32-28(35)6-1-2-7-29(36)37/h3-5,8-11,18,26-27,30,34H,1-2,6-7,12-17,19-21H2,(H,32,35)(H,36,37). The van der Waals surface area contributed by atoms with Crippen molar-refractivity contribution in [1.29, 1.82) is 0 Å². The second-order valence-corrected chi connectivity index (χ2v) is 11.0. The molecular formula is C31H40N2O8. The smallest absolute Gasteiger partial charge is 0.303 e. The number of nitrogens with zero attached hydrogens (tertiary/aromatic N) is 1. The number of nitrogens with one attached hydrogen (secondary N) is 1. The Kier molecular flexibility index (Phi) is 10.0. The molecule has 3 saturated heterocycles. The molecule has 0 bridgehead atoms. The van der Waals surface area contributed by atoms with Gasteiger partial charge in [-0.2, -0.15) is 0 Å². The van der Waals surface area contributed by atoms with E-state index < -0.39 is 18.0 Å². The number of aliphatic carboxylic acids is 1. The highest BCUT2D eigenvalue weighted by molar-refractivity contribution is 5.90. The summed E-state index contributed by atoms with van der Waals surface area (Å²) in [5, 5.41) is 21.2. The van der Waals surface area contributed by atoms with Gasteiger partial charge in [0.15, 0.2) is 12.1 Å². The summed E-state index contributed by atoms with van der Waals surface area (Å²) in [4.78, 5) is 25.5. The lowest BCUT2D eigenvalue weighted by Crippen LogP contribution is -2.48. The third kappa shape index (κ3) is 8.12. The minimum absolute atomic E-state index is 0.0118. The number of ether oxygens (including phenoxy) is 4. The lowest BCUT2D eigenvalue weighted by molar-refractivity contribution is -0.255. The minimum atomic E-state index is -0.854. The fourth-order valence-corrected chi connectivity index (χ4v) is 5.73. The van der Waals surface area contributed by atoms with Crippen LogP contribution in [0.15, 0.2) is 48.5 Å². The molecule has 1 spiro atoms. The minimum Gasteiger partial charge on any atom is -0.481 e. The van der Waals surface area contributed by atoms with E-state index in [1.165, 1.54) is 0 Å². The van der Waals surface area contributed by atoms with E-state index >= 15 is 0 Å². The quantitative estimate of drug-likeness (QED) is 0.343. The Morgan fingerprint density at radius 3 is 2.39 bits per heavy atom. The lowest BCUT2D eigenvalue weighted by Gasteiger charge is -2.41. The second-order valence-electron chi connectivity index (χ2n) is 11.0. The van der Waals surface area contributed by atoms with Crippen LogP contribution in [0.5, 0.6) is 0 Å². The average Bonchev–Trinajstić information content (AvgIpc) is 3.44. The average molecular weight is 569 g/mol. The van der Waals surface area contributed by atoms with Gasteiger partial charge in [-0.3, -0.25) is 9.59 Å². The number of amides is 1. The summed E-state index contributed by atoms with van der Waals surface area (Å²) in [6.07, 6.45) is 2.76. The molecule has 10 nitrogen and oxygen atoms in total. The van der Waals surface area contributed by atoms with Gasteiger partial charge in [0.2, 0.25) is 5.91 Å². The molecule has 0 saturated carbocycles. The molecule has 3 atom stereocenters. The van der Waals surface area contributed by atoms with E-state index in [1.54, 1.807) is 0 Å². The number of unbranched alkanes of at least 4 members (excludes halogenated alkanes) is 1. The van der Waals surface area contributed by atoms with Crippen molar-refractivity contribution in [2.75, 3.05) is 38.2 Å². The molecule has 1 amide bonds. The summed E-state index contributed by atoms with van der Waals surface area (Å²) >= 11 is 0. The Morgan fingerprint density at radius 2 is 1.68 bits per heavy atom. The molecule has 5 rings (SSSR count). The molecule has 3 aliphatic heterocycles. The summed E-state index contributed by atoms with van der Waals surface area (Å²) in [6, 6.07) is 15.3. The van der Waals surface area contributed by atoms with E-state index in [2.05, 4.69) is 10.2 Å². The summed E-state index contributed by atoms with van der Waals surface area (Å²) in [7, 11) is 0. The Bertz CT molecular complexity index is 1160. The van der Waals surface area contributed by atoms with Crippen molar-refractivity contribution in [3.05, 3.63) is 65.2 Å². The van der Waals surface area contributed by atoms with Gasteiger partial charge < -0.3 is 39.4 Å². The number of aliphatic hydroxyl groups excluding tert-OH is 1. The van der Waals surface area contributed by atoms with E-state index in [4.69, 9.17) is 24.1 Å². The van der Waals surface area contributed by atoms with Crippen LogP contribution in [-0.2, 0) is 35.1 Å². The predicted octanol–water partition coefficient (Wildman–Crippen LogP) is 4.15. The van der Waals surface area contributed by atoms with Crippen LogP contribution >= 0.6 is 0 Å². The largest absolute Gasteiger partial charge is 0.481 e. The van der Waals surface area contributed by atoms with E-state index in [0.717, 1.165) is 49.2 Å². The molecule has 3 aliphatic rings. The molecule has 3 unspecified atom stereocenters. The predicted molar refractivity (Wildman–Crippen MR) is 150 cm³/mol. The fourth-order valence-electron chi connectivity index (χ4n) is 5.73. The van der Waals surface area contributed by atoms with Crippen LogP contribution in [0, 0.1) is 0 Å². The van der Waals surface area contributed by atoms with Crippen molar-refractivity contribution >= 4 is 17.6 Å². The maximum atomic E-state index is 12.4. The normalized spacial score (nSPS) is 24.4. The molecule has 222 valence electrons. The number of carboxylic acids is 1. The highest BCUT2D eigenvalue weighted by Crippen LogP contribution is 2.39. The van der Waals surface area contributed by atoms with E-state index in [0.29, 0.717) is 38.2 Å². The molecular weight excluding hydrogens is 528 g/mol. The van der Waals surface area contributed by atoms with Gasteiger partial charge in [-0.25, -0.2) is 0 Å². The number of rotatable bonds is 11. The van der Waals surface area contributed by atoms with Crippen molar-refractivity contribution in [1.82, 2.24) is 4.90 Å². The van der Waals surface area contributed by atoms with Crippen molar-refractivity contribution in [3.63, 3.8) is 0 Å². The van der Waals surface area contributed by atoms with Crippen LogP contribution in [0.3, 0.4) is 0 Å². The molecule has 10 heteroatoms. The Labute approximate surface area is 240 Å². The molecule has 0 aliphatic carbocycles. The third-order valence-electron chi connectivity index (χ3n) is 8.00. The van der Waals surface area contributed by atoms with Gasteiger partial charge in [0, 0.05) is 63.0 Å².